The minimum atomic E-state index is -0.326. The zero-order chi connectivity index (χ0) is 15.0. The fourth-order valence-electron chi connectivity index (χ4n) is 1.60. The van der Waals surface area contributed by atoms with Gasteiger partial charge in [0.15, 0.2) is 0 Å². The van der Waals surface area contributed by atoms with Crippen LogP contribution in [0.2, 0.25) is 0 Å². The third kappa shape index (κ3) is 4.91. The Morgan fingerprint density at radius 3 is 2.40 bits per heavy atom. The van der Waals surface area contributed by atoms with Crippen LogP contribution in [0.3, 0.4) is 0 Å². The van der Waals surface area contributed by atoms with Crippen molar-refractivity contribution in [2.45, 2.75) is 19.8 Å². The quantitative estimate of drug-likeness (QED) is 0.717. The molecule has 1 rings (SSSR count). The molecule has 1 amide bonds. The van der Waals surface area contributed by atoms with Crippen molar-refractivity contribution in [1.29, 1.82) is 0 Å². The second kappa shape index (κ2) is 8.19. The Hall–Kier alpha value is -2.04. The van der Waals surface area contributed by atoms with Gasteiger partial charge in [0.2, 0.25) is 0 Å². The zero-order valence-corrected chi connectivity index (χ0v) is 12.2. The van der Waals surface area contributed by atoms with Gasteiger partial charge in [0.25, 0.3) is 5.91 Å². The summed E-state index contributed by atoms with van der Waals surface area (Å²) in [7, 11) is 2.99. The van der Waals surface area contributed by atoms with Crippen LogP contribution in [0, 0.1) is 0 Å². The van der Waals surface area contributed by atoms with Crippen molar-refractivity contribution in [3.05, 3.63) is 29.8 Å². The molecular formula is C15H21NO4. The molecule has 0 heterocycles. The van der Waals surface area contributed by atoms with Crippen LogP contribution in [0.4, 0.5) is 0 Å². The molecule has 0 fully saturated rings. The Morgan fingerprint density at radius 2 is 1.85 bits per heavy atom. The normalized spacial score (nSPS) is 9.95. The Bertz CT molecular complexity index is 442. The lowest BCUT2D eigenvalue weighted by atomic mass is 10.2. The van der Waals surface area contributed by atoms with Crippen molar-refractivity contribution in [2.75, 3.05) is 27.3 Å². The largest absolute Gasteiger partial charge is 0.494 e. The summed E-state index contributed by atoms with van der Waals surface area (Å²) in [5, 5.41) is 0. The fraction of sp³-hybridized carbons (Fsp3) is 0.467. The average molecular weight is 279 g/mol. The summed E-state index contributed by atoms with van der Waals surface area (Å²) < 4.78 is 10.0. The number of amides is 1. The standard InChI is InChI=1S/C15H21NO4/c1-4-11-20-13-7-5-12(6-8-13)15(18)16(2)10-9-14(17)19-3/h5-8H,4,9-11H2,1-3H3. The smallest absolute Gasteiger partial charge is 0.307 e. The molecule has 0 radical (unpaired) electrons. The molecule has 1 aromatic rings. The number of ether oxygens (including phenoxy) is 2. The summed E-state index contributed by atoms with van der Waals surface area (Å²) in [4.78, 5) is 24.6. The first-order valence-electron chi connectivity index (χ1n) is 6.63. The fourth-order valence-corrected chi connectivity index (χ4v) is 1.60. The van der Waals surface area contributed by atoms with Crippen molar-refractivity contribution >= 4 is 11.9 Å². The number of rotatable bonds is 7. The van der Waals surface area contributed by atoms with Crippen LogP contribution in [0.5, 0.6) is 5.75 Å². The van der Waals surface area contributed by atoms with Crippen molar-refractivity contribution in [1.82, 2.24) is 4.90 Å². The van der Waals surface area contributed by atoms with E-state index < -0.39 is 0 Å². The van der Waals surface area contributed by atoms with Crippen LogP contribution < -0.4 is 4.74 Å². The molecular weight excluding hydrogens is 258 g/mol. The second-order valence-electron chi connectivity index (χ2n) is 4.43. The van der Waals surface area contributed by atoms with Crippen molar-refractivity contribution in [3.63, 3.8) is 0 Å². The predicted octanol–water partition coefficient (Wildman–Crippen LogP) is 2.11. The van der Waals surface area contributed by atoms with E-state index in [-0.39, 0.29) is 18.3 Å². The highest BCUT2D eigenvalue weighted by atomic mass is 16.5. The van der Waals surface area contributed by atoms with Crippen LogP contribution in [0.1, 0.15) is 30.1 Å². The molecule has 0 aliphatic carbocycles. The molecule has 1 aromatic carbocycles. The number of hydrogen-bond acceptors (Lipinski definition) is 4. The van der Waals surface area contributed by atoms with Gasteiger partial charge in [-0.05, 0) is 30.7 Å². The molecule has 0 unspecified atom stereocenters. The summed E-state index contributed by atoms with van der Waals surface area (Å²) in [6.45, 7) is 3.03. The van der Waals surface area contributed by atoms with E-state index >= 15 is 0 Å². The lowest BCUT2D eigenvalue weighted by Crippen LogP contribution is -2.29. The molecule has 0 N–H and O–H groups in total. The van der Waals surface area contributed by atoms with E-state index in [1.807, 2.05) is 6.92 Å². The highest BCUT2D eigenvalue weighted by Crippen LogP contribution is 2.13. The Morgan fingerprint density at radius 1 is 1.20 bits per heavy atom. The highest BCUT2D eigenvalue weighted by molar-refractivity contribution is 5.94. The highest BCUT2D eigenvalue weighted by Gasteiger charge is 2.13. The van der Waals surface area contributed by atoms with E-state index in [1.54, 1.807) is 31.3 Å². The molecule has 0 aliphatic rings. The van der Waals surface area contributed by atoms with Gasteiger partial charge < -0.3 is 14.4 Å². The van der Waals surface area contributed by atoms with Crippen LogP contribution in [-0.4, -0.2) is 44.1 Å². The third-order valence-electron chi connectivity index (χ3n) is 2.80. The number of benzene rings is 1. The van der Waals surface area contributed by atoms with Crippen LogP contribution in [0.25, 0.3) is 0 Å². The van der Waals surface area contributed by atoms with E-state index in [9.17, 15) is 9.59 Å². The van der Waals surface area contributed by atoms with Gasteiger partial charge in [-0.1, -0.05) is 6.92 Å². The minimum Gasteiger partial charge on any atom is -0.494 e. The minimum absolute atomic E-state index is 0.129. The van der Waals surface area contributed by atoms with Crippen molar-refractivity contribution in [3.8, 4) is 5.75 Å². The van der Waals surface area contributed by atoms with E-state index in [4.69, 9.17) is 4.74 Å². The van der Waals surface area contributed by atoms with Crippen LogP contribution in [-0.2, 0) is 9.53 Å². The van der Waals surface area contributed by atoms with Crippen molar-refractivity contribution in [2.24, 2.45) is 0 Å². The van der Waals surface area contributed by atoms with Crippen LogP contribution in [0.15, 0.2) is 24.3 Å². The summed E-state index contributed by atoms with van der Waals surface area (Å²) in [5.41, 5.74) is 0.571. The maximum Gasteiger partial charge on any atom is 0.307 e. The molecule has 0 atom stereocenters. The van der Waals surface area contributed by atoms with E-state index in [0.717, 1.165) is 12.2 Å². The summed E-state index contributed by atoms with van der Waals surface area (Å²) in [6.07, 6.45) is 1.13. The Kier molecular flexibility index (Phi) is 6.56. The Balaban J connectivity index is 2.55. The number of methoxy groups -OCH3 is 1. The number of carbonyl (C=O) groups excluding carboxylic acids is 2. The second-order valence-corrected chi connectivity index (χ2v) is 4.43. The molecule has 0 spiro atoms. The number of nitrogens with zero attached hydrogens (tertiary/aromatic N) is 1. The Labute approximate surface area is 119 Å². The van der Waals surface area contributed by atoms with E-state index in [0.29, 0.717) is 18.7 Å². The lowest BCUT2D eigenvalue weighted by molar-refractivity contribution is -0.140. The van der Waals surface area contributed by atoms with Gasteiger partial charge in [-0.25, -0.2) is 0 Å². The predicted molar refractivity (Wildman–Crippen MR) is 75.8 cm³/mol. The molecule has 20 heavy (non-hydrogen) atoms. The zero-order valence-electron chi connectivity index (χ0n) is 12.2. The van der Waals surface area contributed by atoms with E-state index in [2.05, 4.69) is 4.74 Å². The first kappa shape index (κ1) is 16.0. The topological polar surface area (TPSA) is 55.8 Å². The molecule has 5 nitrogen and oxygen atoms in total. The van der Waals surface area contributed by atoms with Gasteiger partial charge in [0.05, 0.1) is 20.1 Å². The van der Waals surface area contributed by atoms with Crippen molar-refractivity contribution < 1.29 is 19.1 Å². The summed E-state index contributed by atoms with van der Waals surface area (Å²) in [5.74, 6) is 0.296. The SMILES string of the molecule is CCCOc1ccc(C(=O)N(C)CCC(=O)OC)cc1. The van der Waals surface area contributed by atoms with Gasteiger partial charge in [0.1, 0.15) is 5.75 Å². The first-order valence-corrected chi connectivity index (χ1v) is 6.63. The van der Waals surface area contributed by atoms with Crippen LogP contribution >= 0.6 is 0 Å². The molecule has 0 saturated carbocycles. The van der Waals surface area contributed by atoms with Gasteiger partial charge in [-0.15, -0.1) is 0 Å². The maximum absolute atomic E-state index is 12.1. The van der Waals surface area contributed by atoms with E-state index in [1.165, 1.54) is 12.0 Å². The third-order valence-corrected chi connectivity index (χ3v) is 2.80. The average Bonchev–Trinajstić information content (AvgIpc) is 2.49. The molecule has 0 saturated heterocycles. The molecule has 0 aliphatic heterocycles. The molecule has 0 bridgehead atoms. The van der Waals surface area contributed by atoms with Gasteiger partial charge >= 0.3 is 5.97 Å². The van der Waals surface area contributed by atoms with Gasteiger partial charge in [0, 0.05) is 19.2 Å². The van der Waals surface area contributed by atoms with Gasteiger partial charge in [-0.2, -0.15) is 0 Å². The molecule has 0 aromatic heterocycles. The summed E-state index contributed by atoms with van der Waals surface area (Å²) in [6, 6.07) is 7.00. The first-order chi connectivity index (χ1) is 9.58. The number of hydrogen-bond donors (Lipinski definition) is 0. The number of carbonyl (C=O) groups is 2. The lowest BCUT2D eigenvalue weighted by Gasteiger charge is -2.16. The monoisotopic (exact) mass is 279 g/mol. The number of esters is 1. The molecule has 5 heteroatoms. The summed E-state index contributed by atoms with van der Waals surface area (Å²) >= 11 is 0. The van der Waals surface area contributed by atoms with Gasteiger partial charge in [-0.3, -0.25) is 9.59 Å². The maximum atomic E-state index is 12.1. The molecule has 110 valence electrons.